The number of fused-ring (bicyclic) bond motifs is 13. The molecule has 250 valence electrons. The van der Waals surface area contributed by atoms with E-state index in [0.29, 0.717) is 11.8 Å². The molecule has 0 saturated heterocycles. The van der Waals surface area contributed by atoms with E-state index in [-0.39, 0.29) is 0 Å². The molecule has 0 saturated carbocycles. The molecule has 0 unspecified atom stereocenters. The number of anilines is 3. The molecule has 2 aliphatic carbocycles. The smallest absolute Gasteiger partial charge is 0.0731 e. The summed E-state index contributed by atoms with van der Waals surface area (Å²) in [5.41, 5.74) is 16.6. The molecule has 0 heterocycles. The molecule has 0 fully saturated rings. The van der Waals surface area contributed by atoms with Crippen molar-refractivity contribution < 1.29 is 0 Å². The van der Waals surface area contributed by atoms with Gasteiger partial charge in [0.2, 0.25) is 0 Å². The second-order valence-electron chi connectivity index (χ2n) is 15.3. The highest BCUT2D eigenvalue weighted by Gasteiger charge is 2.52. The standard InChI is InChI=1S/C51H41N/c1-32(2)34-17-23-39(24-18-34)52(40-25-19-35(20-26-40)33(3)4)41-27-21-37-30-46-45-28-22-36-11-5-6-12-42(36)50(45)51(49(46)31-38(37)29-41)47-15-9-7-13-43(47)44-14-8-10-16-48(44)51/h5-33H,1-4H3. The lowest BCUT2D eigenvalue weighted by molar-refractivity contribution is 0.802. The SMILES string of the molecule is CC(C)c1ccc(N(c2ccc(C(C)C)cc2)c2ccc3cc4c(cc3c2)C2(c3ccccc3-c3ccccc32)c2c-4ccc3ccccc23)cc1. The van der Waals surface area contributed by atoms with Gasteiger partial charge < -0.3 is 4.90 Å². The zero-order chi connectivity index (χ0) is 35.1. The lowest BCUT2D eigenvalue weighted by atomic mass is 9.69. The molecule has 1 spiro atoms. The summed E-state index contributed by atoms with van der Waals surface area (Å²) in [5, 5.41) is 5.11. The first-order valence-electron chi connectivity index (χ1n) is 18.7. The van der Waals surface area contributed by atoms with Crippen molar-refractivity contribution in [3.05, 3.63) is 197 Å². The van der Waals surface area contributed by atoms with Crippen LogP contribution >= 0.6 is 0 Å². The molecule has 8 aromatic carbocycles. The van der Waals surface area contributed by atoms with Gasteiger partial charge in [0.05, 0.1) is 5.41 Å². The predicted molar refractivity (Wildman–Crippen MR) is 221 cm³/mol. The number of rotatable bonds is 5. The van der Waals surface area contributed by atoms with E-state index in [1.54, 1.807) is 0 Å². The van der Waals surface area contributed by atoms with Gasteiger partial charge in [-0.3, -0.25) is 0 Å². The lowest BCUT2D eigenvalue weighted by Crippen LogP contribution is -2.26. The average molecular weight is 668 g/mol. The number of nitrogens with zero attached hydrogens (tertiary/aromatic N) is 1. The molecule has 1 heteroatoms. The van der Waals surface area contributed by atoms with Crippen molar-refractivity contribution in [2.75, 3.05) is 4.90 Å². The van der Waals surface area contributed by atoms with E-state index in [2.05, 4.69) is 196 Å². The van der Waals surface area contributed by atoms with Crippen LogP contribution in [0.5, 0.6) is 0 Å². The number of benzene rings is 8. The number of hydrogen-bond acceptors (Lipinski definition) is 1. The highest BCUT2D eigenvalue weighted by atomic mass is 15.1. The third-order valence-corrected chi connectivity index (χ3v) is 11.8. The van der Waals surface area contributed by atoms with Crippen LogP contribution in [0.15, 0.2) is 164 Å². The highest BCUT2D eigenvalue weighted by Crippen LogP contribution is 2.64. The molecule has 52 heavy (non-hydrogen) atoms. The van der Waals surface area contributed by atoms with E-state index in [0.717, 1.165) is 17.1 Å². The third kappa shape index (κ3) is 4.35. The van der Waals surface area contributed by atoms with Crippen LogP contribution in [-0.2, 0) is 5.41 Å². The van der Waals surface area contributed by atoms with Crippen molar-refractivity contribution >= 4 is 38.6 Å². The van der Waals surface area contributed by atoms with E-state index in [1.807, 2.05) is 0 Å². The summed E-state index contributed by atoms with van der Waals surface area (Å²) in [6.07, 6.45) is 0. The van der Waals surface area contributed by atoms with Crippen LogP contribution < -0.4 is 4.90 Å². The maximum absolute atomic E-state index is 2.52. The normalized spacial score (nSPS) is 13.5. The van der Waals surface area contributed by atoms with Crippen molar-refractivity contribution in [3.8, 4) is 22.3 Å². The van der Waals surface area contributed by atoms with Crippen LogP contribution in [-0.4, -0.2) is 0 Å². The largest absolute Gasteiger partial charge is 0.310 e. The minimum atomic E-state index is -0.415. The highest BCUT2D eigenvalue weighted by molar-refractivity contribution is 6.06. The fourth-order valence-electron chi connectivity index (χ4n) is 9.25. The Hall–Kier alpha value is -5.92. The van der Waals surface area contributed by atoms with Gasteiger partial charge in [-0.25, -0.2) is 0 Å². The van der Waals surface area contributed by atoms with Crippen molar-refractivity contribution in [2.45, 2.75) is 44.9 Å². The van der Waals surface area contributed by atoms with Gasteiger partial charge in [-0.1, -0.05) is 143 Å². The van der Waals surface area contributed by atoms with E-state index in [4.69, 9.17) is 0 Å². The fourth-order valence-corrected chi connectivity index (χ4v) is 9.25. The van der Waals surface area contributed by atoms with Gasteiger partial charge in [-0.2, -0.15) is 0 Å². The Bertz CT molecular complexity index is 2580. The van der Waals surface area contributed by atoms with Crippen LogP contribution in [0.3, 0.4) is 0 Å². The van der Waals surface area contributed by atoms with Gasteiger partial charge >= 0.3 is 0 Å². The molecule has 2 aliphatic rings. The summed E-state index contributed by atoms with van der Waals surface area (Å²) >= 11 is 0. The molecule has 0 amide bonds. The Morgan fingerprint density at radius 1 is 0.385 bits per heavy atom. The second kappa shape index (κ2) is 11.6. The minimum Gasteiger partial charge on any atom is -0.310 e. The minimum absolute atomic E-state index is 0.415. The van der Waals surface area contributed by atoms with Crippen LogP contribution in [0.4, 0.5) is 17.1 Å². The lowest BCUT2D eigenvalue weighted by Gasteiger charge is -2.31. The molecule has 0 radical (unpaired) electrons. The second-order valence-corrected chi connectivity index (χ2v) is 15.3. The molecule has 0 N–H and O–H groups in total. The summed E-state index contributed by atoms with van der Waals surface area (Å²) < 4.78 is 0. The molecule has 10 rings (SSSR count). The summed E-state index contributed by atoms with van der Waals surface area (Å²) in [6, 6.07) is 62.1. The van der Waals surface area contributed by atoms with Gasteiger partial charge in [-0.15, -0.1) is 0 Å². The van der Waals surface area contributed by atoms with Gasteiger partial charge in [0.1, 0.15) is 0 Å². The molecule has 0 bridgehead atoms. The summed E-state index contributed by atoms with van der Waals surface area (Å²) in [5.74, 6) is 0.963. The topological polar surface area (TPSA) is 3.24 Å². The van der Waals surface area contributed by atoms with Crippen LogP contribution in [0.2, 0.25) is 0 Å². The zero-order valence-corrected chi connectivity index (χ0v) is 30.2. The summed E-state index contributed by atoms with van der Waals surface area (Å²) in [6.45, 7) is 9.03. The van der Waals surface area contributed by atoms with Crippen molar-refractivity contribution in [3.63, 3.8) is 0 Å². The Morgan fingerprint density at radius 3 is 1.54 bits per heavy atom. The van der Waals surface area contributed by atoms with Crippen molar-refractivity contribution in [2.24, 2.45) is 0 Å². The first-order chi connectivity index (χ1) is 25.4. The van der Waals surface area contributed by atoms with Crippen LogP contribution in [0.1, 0.15) is 72.9 Å². The van der Waals surface area contributed by atoms with Gasteiger partial charge in [0.25, 0.3) is 0 Å². The number of hydrogen-bond donors (Lipinski definition) is 0. The third-order valence-electron chi connectivity index (χ3n) is 11.8. The van der Waals surface area contributed by atoms with E-state index >= 15 is 0 Å². The maximum atomic E-state index is 2.52. The van der Waals surface area contributed by atoms with E-state index in [9.17, 15) is 0 Å². The molecular weight excluding hydrogens is 627 g/mol. The maximum Gasteiger partial charge on any atom is 0.0731 e. The van der Waals surface area contributed by atoms with Gasteiger partial charge in [-0.05, 0) is 138 Å². The Labute approximate surface area is 306 Å². The molecule has 1 nitrogen and oxygen atoms in total. The van der Waals surface area contributed by atoms with E-state index in [1.165, 1.54) is 77.2 Å². The average Bonchev–Trinajstić information content (AvgIpc) is 3.64. The summed E-state index contributed by atoms with van der Waals surface area (Å²) in [7, 11) is 0. The molecular formula is C51H41N. The quantitative estimate of drug-likeness (QED) is 0.177. The zero-order valence-electron chi connectivity index (χ0n) is 30.2. The van der Waals surface area contributed by atoms with Gasteiger partial charge in [0, 0.05) is 17.1 Å². The predicted octanol–water partition coefficient (Wildman–Crippen LogP) is 14.1. The first-order valence-corrected chi connectivity index (χ1v) is 18.7. The molecule has 8 aromatic rings. The van der Waals surface area contributed by atoms with Crippen molar-refractivity contribution in [1.82, 2.24) is 0 Å². The van der Waals surface area contributed by atoms with E-state index < -0.39 is 5.41 Å². The Kier molecular flexibility index (Phi) is 6.86. The molecule has 0 aliphatic heterocycles. The molecule has 0 atom stereocenters. The first kappa shape index (κ1) is 30.9. The Balaban J connectivity index is 1.23. The Morgan fingerprint density at radius 2 is 0.923 bits per heavy atom. The van der Waals surface area contributed by atoms with Crippen molar-refractivity contribution in [1.29, 1.82) is 0 Å². The van der Waals surface area contributed by atoms with Gasteiger partial charge in [0.15, 0.2) is 0 Å². The monoisotopic (exact) mass is 667 g/mol. The van der Waals surface area contributed by atoms with Crippen LogP contribution in [0, 0.1) is 0 Å². The fraction of sp³-hybridized carbons (Fsp3) is 0.137. The van der Waals surface area contributed by atoms with Crippen LogP contribution in [0.25, 0.3) is 43.8 Å². The summed E-state index contributed by atoms with van der Waals surface area (Å²) in [4.78, 5) is 2.42. The molecule has 0 aromatic heterocycles.